The van der Waals surface area contributed by atoms with Crippen molar-refractivity contribution in [3.05, 3.63) is 75.3 Å². The number of likely N-dealkylation sites (tertiary alicyclic amines) is 2. The zero-order chi connectivity index (χ0) is 27.5. The molecule has 0 spiro atoms. The number of amides is 1. The molecule has 2 N–H and O–H groups in total. The monoisotopic (exact) mass is 570 g/mol. The summed E-state index contributed by atoms with van der Waals surface area (Å²) in [5.41, 5.74) is -0.291. The van der Waals surface area contributed by atoms with E-state index in [1.54, 1.807) is 41.3 Å². The maximum atomic E-state index is 12.8. The quantitative estimate of drug-likeness (QED) is 0.442. The third kappa shape index (κ3) is 7.10. The molecule has 2 aromatic carbocycles. The fraction of sp³-hybridized carbons (Fsp3) is 0.464. The first-order valence-electron chi connectivity index (χ1n) is 12.7. The standard InChI is InChI=1S/C28H31Cl2F3N2O3/c29-23-7-1-19(17-24(23)30)2-8-26(37)35-15-11-27(38,12-16-35)25(36)18-34-13-9-21(10-14-34)20-3-5-22(6-4-20)28(31,32)33/h1-8,17,21,25,36,38H,9-16,18H2. The molecule has 206 valence electrons. The number of nitrogens with zero attached hydrogens (tertiary/aromatic N) is 2. The van der Waals surface area contributed by atoms with E-state index in [1.165, 1.54) is 6.08 Å². The van der Waals surface area contributed by atoms with Crippen LogP contribution >= 0.6 is 23.2 Å². The predicted molar refractivity (Wildman–Crippen MR) is 142 cm³/mol. The number of piperidine rings is 2. The van der Waals surface area contributed by atoms with Gasteiger partial charge >= 0.3 is 6.18 Å². The molecule has 2 aliphatic heterocycles. The maximum Gasteiger partial charge on any atom is 0.416 e. The van der Waals surface area contributed by atoms with Gasteiger partial charge in [0.05, 0.1) is 27.3 Å². The zero-order valence-electron chi connectivity index (χ0n) is 20.8. The van der Waals surface area contributed by atoms with Gasteiger partial charge in [0, 0.05) is 25.7 Å². The molecule has 38 heavy (non-hydrogen) atoms. The minimum atomic E-state index is -4.34. The van der Waals surface area contributed by atoms with Crippen LogP contribution in [-0.2, 0) is 11.0 Å². The number of hydrogen-bond donors (Lipinski definition) is 2. The van der Waals surface area contributed by atoms with Crippen LogP contribution < -0.4 is 0 Å². The van der Waals surface area contributed by atoms with E-state index in [2.05, 4.69) is 4.90 Å². The Morgan fingerprint density at radius 2 is 1.66 bits per heavy atom. The van der Waals surface area contributed by atoms with E-state index < -0.39 is 23.4 Å². The molecule has 4 rings (SSSR count). The van der Waals surface area contributed by atoms with Crippen LogP contribution in [0.4, 0.5) is 13.2 Å². The summed E-state index contributed by atoms with van der Waals surface area (Å²) in [7, 11) is 0. The third-order valence-electron chi connectivity index (χ3n) is 7.65. The lowest BCUT2D eigenvalue weighted by Crippen LogP contribution is -2.56. The van der Waals surface area contributed by atoms with Gasteiger partial charge in [0.2, 0.25) is 5.91 Å². The Labute approximate surface area is 230 Å². The zero-order valence-corrected chi connectivity index (χ0v) is 22.3. The van der Waals surface area contributed by atoms with Gasteiger partial charge in [-0.15, -0.1) is 0 Å². The summed E-state index contributed by atoms with van der Waals surface area (Å²) in [5.74, 6) is -0.0158. The number of alkyl halides is 3. The van der Waals surface area contributed by atoms with Crippen molar-refractivity contribution in [1.82, 2.24) is 9.80 Å². The smallest absolute Gasteiger partial charge is 0.389 e. The van der Waals surface area contributed by atoms with Crippen LogP contribution in [0.5, 0.6) is 0 Å². The molecule has 2 saturated heterocycles. The number of carbonyl (C=O) groups excluding carboxylic acids is 1. The molecule has 5 nitrogen and oxygen atoms in total. The number of β-amino-alcohol motifs (C(OH)–C–C–N with tert-alkyl or cyclic N) is 1. The summed E-state index contributed by atoms with van der Waals surface area (Å²) in [6.07, 6.45) is -0.117. The van der Waals surface area contributed by atoms with Crippen LogP contribution in [0.2, 0.25) is 10.0 Å². The Kier molecular flexibility index (Phi) is 9.10. The van der Waals surface area contributed by atoms with Gasteiger partial charge < -0.3 is 20.0 Å². The molecule has 2 fully saturated rings. The van der Waals surface area contributed by atoms with E-state index in [0.29, 0.717) is 42.8 Å². The number of aliphatic hydroxyl groups excluding tert-OH is 1. The lowest BCUT2D eigenvalue weighted by molar-refractivity contribution is -0.140. The number of halogens is 5. The lowest BCUT2D eigenvalue weighted by atomic mass is 9.84. The summed E-state index contributed by atoms with van der Waals surface area (Å²) in [4.78, 5) is 16.3. The van der Waals surface area contributed by atoms with E-state index in [1.807, 2.05) is 0 Å². The van der Waals surface area contributed by atoms with Crippen molar-refractivity contribution in [3.63, 3.8) is 0 Å². The van der Waals surface area contributed by atoms with E-state index in [0.717, 1.165) is 36.1 Å². The van der Waals surface area contributed by atoms with Crippen LogP contribution in [0.25, 0.3) is 6.08 Å². The predicted octanol–water partition coefficient (Wildman–Crippen LogP) is 5.62. The second-order valence-electron chi connectivity index (χ2n) is 10.1. The third-order valence-corrected chi connectivity index (χ3v) is 8.39. The molecule has 0 radical (unpaired) electrons. The van der Waals surface area contributed by atoms with Crippen molar-refractivity contribution >= 4 is 35.2 Å². The molecule has 2 heterocycles. The minimum absolute atomic E-state index is 0.167. The van der Waals surface area contributed by atoms with Gasteiger partial charge in [0.15, 0.2) is 0 Å². The largest absolute Gasteiger partial charge is 0.416 e. The molecule has 2 aromatic rings. The first-order chi connectivity index (χ1) is 17.9. The fourth-order valence-electron chi connectivity index (χ4n) is 5.14. The summed E-state index contributed by atoms with van der Waals surface area (Å²) in [6.45, 7) is 2.33. The van der Waals surface area contributed by atoms with Gasteiger partial charge in [0.1, 0.15) is 0 Å². The summed E-state index contributed by atoms with van der Waals surface area (Å²) < 4.78 is 38.5. The number of benzene rings is 2. The van der Waals surface area contributed by atoms with Gasteiger partial charge in [0.25, 0.3) is 0 Å². The van der Waals surface area contributed by atoms with Crippen molar-refractivity contribution in [2.24, 2.45) is 0 Å². The Morgan fingerprint density at radius 1 is 1.03 bits per heavy atom. The Morgan fingerprint density at radius 3 is 2.24 bits per heavy atom. The average Bonchev–Trinajstić information content (AvgIpc) is 2.89. The highest BCUT2D eigenvalue weighted by molar-refractivity contribution is 6.42. The molecule has 0 saturated carbocycles. The molecule has 0 aliphatic carbocycles. The lowest BCUT2D eigenvalue weighted by Gasteiger charge is -2.43. The molecule has 1 unspecified atom stereocenters. The van der Waals surface area contributed by atoms with Crippen molar-refractivity contribution in [2.75, 3.05) is 32.7 Å². The van der Waals surface area contributed by atoms with Gasteiger partial charge in [-0.1, -0.05) is 41.4 Å². The Hall–Kier alpha value is -2.10. The first kappa shape index (κ1) is 28.9. The number of hydrogen-bond acceptors (Lipinski definition) is 4. The fourth-order valence-corrected chi connectivity index (χ4v) is 5.45. The molecule has 10 heteroatoms. The van der Waals surface area contributed by atoms with Gasteiger partial charge in [-0.2, -0.15) is 13.2 Å². The molecule has 1 amide bonds. The van der Waals surface area contributed by atoms with Crippen LogP contribution in [0.15, 0.2) is 48.5 Å². The van der Waals surface area contributed by atoms with E-state index in [4.69, 9.17) is 23.2 Å². The second kappa shape index (κ2) is 12.0. The highest BCUT2D eigenvalue weighted by Crippen LogP contribution is 2.34. The maximum absolute atomic E-state index is 12.8. The molecular formula is C28H31Cl2F3N2O3. The Balaban J connectivity index is 1.23. The summed E-state index contributed by atoms with van der Waals surface area (Å²) in [5, 5.41) is 22.8. The summed E-state index contributed by atoms with van der Waals surface area (Å²) >= 11 is 11.9. The molecule has 0 aromatic heterocycles. The summed E-state index contributed by atoms with van der Waals surface area (Å²) in [6, 6.07) is 10.4. The number of carbonyl (C=O) groups is 1. The molecular weight excluding hydrogens is 540 g/mol. The SMILES string of the molecule is O=C(C=Cc1ccc(Cl)c(Cl)c1)N1CCC(O)(C(O)CN2CCC(c3ccc(C(F)(F)F)cc3)CC2)CC1. The van der Waals surface area contributed by atoms with E-state index in [-0.39, 0.29) is 24.7 Å². The number of rotatable bonds is 6. The molecule has 0 bridgehead atoms. The van der Waals surface area contributed by atoms with Crippen molar-refractivity contribution in [1.29, 1.82) is 0 Å². The van der Waals surface area contributed by atoms with E-state index >= 15 is 0 Å². The van der Waals surface area contributed by atoms with Crippen molar-refractivity contribution in [3.8, 4) is 0 Å². The van der Waals surface area contributed by atoms with Gasteiger partial charge in [-0.05, 0) is 86.2 Å². The molecule has 2 aliphatic rings. The van der Waals surface area contributed by atoms with Crippen LogP contribution in [0.3, 0.4) is 0 Å². The normalized spacial score (nSPS) is 20.1. The van der Waals surface area contributed by atoms with Crippen LogP contribution in [-0.4, -0.2) is 70.3 Å². The number of aliphatic hydroxyl groups is 2. The van der Waals surface area contributed by atoms with Crippen molar-refractivity contribution in [2.45, 2.75) is 49.5 Å². The van der Waals surface area contributed by atoms with Gasteiger partial charge in [-0.25, -0.2) is 0 Å². The van der Waals surface area contributed by atoms with Crippen molar-refractivity contribution < 1.29 is 28.2 Å². The Bertz CT molecular complexity index is 1140. The van der Waals surface area contributed by atoms with Crippen LogP contribution in [0.1, 0.15) is 48.3 Å². The highest BCUT2D eigenvalue weighted by atomic mass is 35.5. The average molecular weight is 571 g/mol. The van der Waals surface area contributed by atoms with Gasteiger partial charge in [-0.3, -0.25) is 4.79 Å². The first-order valence-corrected chi connectivity index (χ1v) is 13.4. The highest BCUT2D eigenvalue weighted by Gasteiger charge is 2.40. The minimum Gasteiger partial charge on any atom is -0.389 e. The molecule has 1 atom stereocenters. The van der Waals surface area contributed by atoms with Crippen LogP contribution in [0, 0.1) is 0 Å². The second-order valence-corrected chi connectivity index (χ2v) is 11.0. The topological polar surface area (TPSA) is 64.0 Å². The van der Waals surface area contributed by atoms with E-state index in [9.17, 15) is 28.2 Å².